The van der Waals surface area contributed by atoms with Crippen LogP contribution in [0.1, 0.15) is 33.1 Å². The average molecular weight is 247 g/mol. The number of carbonyl (C=O) groups excluding carboxylic acids is 1. The van der Waals surface area contributed by atoms with Crippen LogP contribution in [0.15, 0.2) is 0 Å². The number of Topliss-reactive ketones (excluding diaryl/α,β-unsaturated/α-hetero) is 1. The highest BCUT2D eigenvalue weighted by atomic mass is 32.2. The molecule has 1 atom stereocenters. The molecule has 0 aromatic carbocycles. The van der Waals surface area contributed by atoms with Crippen LogP contribution in [0.2, 0.25) is 0 Å². The molecular formula is C11H21NO3S. The topological polar surface area (TPSA) is 54.5 Å². The number of hydrogen-bond donors (Lipinski definition) is 0. The molecule has 1 aliphatic heterocycles. The molecule has 1 unspecified atom stereocenters. The van der Waals surface area contributed by atoms with E-state index in [1.807, 2.05) is 13.8 Å². The quantitative estimate of drug-likeness (QED) is 0.752. The third-order valence-corrected chi connectivity index (χ3v) is 4.19. The highest BCUT2D eigenvalue weighted by Gasteiger charge is 2.29. The van der Waals surface area contributed by atoms with E-state index in [-0.39, 0.29) is 11.7 Å². The Morgan fingerprint density at radius 2 is 2.06 bits per heavy atom. The Balaban J connectivity index is 2.60. The summed E-state index contributed by atoms with van der Waals surface area (Å²) in [7, 11) is -3.14. The molecule has 0 N–H and O–H groups in total. The Kier molecular flexibility index (Phi) is 4.50. The molecule has 0 amide bonds. The third kappa shape index (κ3) is 3.87. The standard InChI is InChI=1S/C11H21NO3S/c1-9(2)7-11(13)10-5-4-6-12(8-10)16(3,14)15/h9-10H,4-8H2,1-3H3. The fourth-order valence-corrected chi connectivity index (χ4v) is 2.99. The second-order valence-corrected chi connectivity index (χ2v) is 7.01. The summed E-state index contributed by atoms with van der Waals surface area (Å²) < 4.78 is 24.2. The molecule has 94 valence electrons. The largest absolute Gasteiger partial charge is 0.299 e. The van der Waals surface area contributed by atoms with E-state index in [9.17, 15) is 13.2 Å². The minimum Gasteiger partial charge on any atom is -0.299 e. The number of ketones is 1. The molecule has 4 nitrogen and oxygen atoms in total. The zero-order valence-corrected chi connectivity index (χ0v) is 11.1. The van der Waals surface area contributed by atoms with Crippen LogP contribution in [-0.2, 0) is 14.8 Å². The van der Waals surface area contributed by atoms with Gasteiger partial charge < -0.3 is 0 Å². The molecule has 0 radical (unpaired) electrons. The molecule has 0 spiro atoms. The predicted octanol–water partition coefficient (Wildman–Crippen LogP) is 1.27. The van der Waals surface area contributed by atoms with Gasteiger partial charge in [0.05, 0.1) is 6.26 Å². The monoisotopic (exact) mass is 247 g/mol. The van der Waals surface area contributed by atoms with Crippen LogP contribution >= 0.6 is 0 Å². The molecule has 5 heteroatoms. The first-order valence-electron chi connectivity index (χ1n) is 5.78. The summed E-state index contributed by atoms with van der Waals surface area (Å²) >= 11 is 0. The van der Waals surface area contributed by atoms with Crippen molar-refractivity contribution in [1.82, 2.24) is 4.31 Å². The van der Waals surface area contributed by atoms with Crippen molar-refractivity contribution in [3.05, 3.63) is 0 Å². The van der Waals surface area contributed by atoms with Gasteiger partial charge in [-0.2, -0.15) is 0 Å². The smallest absolute Gasteiger partial charge is 0.211 e. The van der Waals surface area contributed by atoms with Gasteiger partial charge >= 0.3 is 0 Å². The van der Waals surface area contributed by atoms with Gasteiger partial charge in [0.15, 0.2) is 0 Å². The summed E-state index contributed by atoms with van der Waals surface area (Å²) in [5, 5.41) is 0. The van der Waals surface area contributed by atoms with Crippen LogP contribution in [0.5, 0.6) is 0 Å². The normalized spacial score (nSPS) is 23.6. The van der Waals surface area contributed by atoms with Gasteiger partial charge in [-0.1, -0.05) is 13.8 Å². The first-order chi connectivity index (χ1) is 7.30. The summed E-state index contributed by atoms with van der Waals surface area (Å²) in [4.78, 5) is 11.9. The highest BCUT2D eigenvalue weighted by Crippen LogP contribution is 2.21. The minimum atomic E-state index is -3.14. The molecule has 1 aliphatic rings. The van der Waals surface area contributed by atoms with Crippen LogP contribution in [0.25, 0.3) is 0 Å². The fraction of sp³-hybridized carbons (Fsp3) is 0.909. The van der Waals surface area contributed by atoms with E-state index < -0.39 is 10.0 Å². The molecule has 1 fully saturated rings. The lowest BCUT2D eigenvalue weighted by Gasteiger charge is -2.30. The van der Waals surface area contributed by atoms with Crippen molar-refractivity contribution in [1.29, 1.82) is 0 Å². The maximum atomic E-state index is 11.9. The second-order valence-electron chi connectivity index (χ2n) is 5.02. The van der Waals surface area contributed by atoms with Crippen LogP contribution in [0.3, 0.4) is 0 Å². The van der Waals surface area contributed by atoms with Gasteiger partial charge in [0.1, 0.15) is 5.78 Å². The number of nitrogens with zero attached hydrogens (tertiary/aromatic N) is 1. The molecule has 1 heterocycles. The van der Waals surface area contributed by atoms with Gasteiger partial charge in [0.2, 0.25) is 10.0 Å². The SMILES string of the molecule is CC(C)CC(=O)C1CCCN(S(C)(=O)=O)C1. The Hall–Kier alpha value is -0.420. The van der Waals surface area contributed by atoms with E-state index >= 15 is 0 Å². The Labute approximate surface area is 98.1 Å². The number of hydrogen-bond acceptors (Lipinski definition) is 3. The van der Waals surface area contributed by atoms with Gasteiger partial charge in [0, 0.05) is 25.4 Å². The Morgan fingerprint density at radius 3 is 2.56 bits per heavy atom. The zero-order valence-electron chi connectivity index (χ0n) is 10.3. The molecule has 1 rings (SSSR count). The van der Waals surface area contributed by atoms with Crippen LogP contribution < -0.4 is 0 Å². The summed E-state index contributed by atoms with van der Waals surface area (Å²) in [5.74, 6) is 0.468. The van der Waals surface area contributed by atoms with Crippen LogP contribution in [-0.4, -0.2) is 37.9 Å². The molecule has 0 aliphatic carbocycles. The lowest BCUT2D eigenvalue weighted by atomic mass is 9.90. The van der Waals surface area contributed by atoms with Crippen molar-refractivity contribution < 1.29 is 13.2 Å². The number of rotatable bonds is 4. The van der Waals surface area contributed by atoms with E-state index in [1.165, 1.54) is 10.6 Å². The molecule has 16 heavy (non-hydrogen) atoms. The lowest BCUT2D eigenvalue weighted by molar-refractivity contribution is -0.124. The van der Waals surface area contributed by atoms with Crippen molar-refractivity contribution in [3.63, 3.8) is 0 Å². The molecule has 0 saturated carbocycles. The molecular weight excluding hydrogens is 226 g/mol. The Bertz CT molecular complexity index is 348. The van der Waals surface area contributed by atoms with Gasteiger partial charge in [-0.05, 0) is 18.8 Å². The zero-order chi connectivity index (χ0) is 12.3. The summed E-state index contributed by atoms with van der Waals surface area (Å²) in [6.07, 6.45) is 3.39. The van der Waals surface area contributed by atoms with Crippen molar-refractivity contribution in [2.75, 3.05) is 19.3 Å². The van der Waals surface area contributed by atoms with Crippen molar-refractivity contribution >= 4 is 15.8 Å². The first-order valence-corrected chi connectivity index (χ1v) is 7.63. The van der Waals surface area contributed by atoms with E-state index in [1.54, 1.807) is 0 Å². The van der Waals surface area contributed by atoms with Crippen molar-refractivity contribution in [3.8, 4) is 0 Å². The number of sulfonamides is 1. The minimum absolute atomic E-state index is 0.0918. The third-order valence-electron chi connectivity index (χ3n) is 2.92. The Morgan fingerprint density at radius 1 is 1.44 bits per heavy atom. The molecule has 0 bridgehead atoms. The molecule has 1 saturated heterocycles. The maximum Gasteiger partial charge on any atom is 0.211 e. The summed E-state index contributed by atoms with van der Waals surface area (Å²) in [6.45, 7) is 4.96. The average Bonchev–Trinajstić information content (AvgIpc) is 2.15. The van der Waals surface area contributed by atoms with E-state index in [4.69, 9.17) is 0 Å². The van der Waals surface area contributed by atoms with Gasteiger partial charge in [-0.15, -0.1) is 0 Å². The van der Waals surface area contributed by atoms with Crippen LogP contribution in [0.4, 0.5) is 0 Å². The fourth-order valence-electron chi connectivity index (χ4n) is 2.08. The van der Waals surface area contributed by atoms with Gasteiger partial charge in [-0.3, -0.25) is 4.79 Å². The highest BCUT2D eigenvalue weighted by molar-refractivity contribution is 7.88. The van der Waals surface area contributed by atoms with Crippen molar-refractivity contribution in [2.45, 2.75) is 33.1 Å². The summed E-state index contributed by atoms with van der Waals surface area (Å²) in [6, 6.07) is 0. The van der Waals surface area contributed by atoms with E-state index in [0.29, 0.717) is 25.4 Å². The lowest BCUT2D eigenvalue weighted by Crippen LogP contribution is -2.41. The van der Waals surface area contributed by atoms with Crippen LogP contribution in [0, 0.1) is 11.8 Å². The number of carbonyl (C=O) groups is 1. The van der Waals surface area contributed by atoms with E-state index in [0.717, 1.165) is 12.8 Å². The molecule has 0 aromatic heterocycles. The van der Waals surface area contributed by atoms with Gasteiger partial charge in [0.25, 0.3) is 0 Å². The maximum absolute atomic E-state index is 11.9. The second kappa shape index (κ2) is 5.27. The van der Waals surface area contributed by atoms with Crippen molar-refractivity contribution in [2.24, 2.45) is 11.8 Å². The summed E-state index contributed by atoms with van der Waals surface area (Å²) in [5.41, 5.74) is 0. The van der Waals surface area contributed by atoms with Gasteiger partial charge in [-0.25, -0.2) is 12.7 Å². The van der Waals surface area contributed by atoms with E-state index in [2.05, 4.69) is 0 Å². The molecule has 0 aromatic rings. The predicted molar refractivity (Wildman–Crippen MR) is 63.6 cm³/mol. The first kappa shape index (κ1) is 13.6. The number of piperidine rings is 1.